The number of hydrogen-bond acceptors (Lipinski definition) is 3. The van der Waals surface area contributed by atoms with Gasteiger partial charge < -0.3 is 9.30 Å². The van der Waals surface area contributed by atoms with E-state index in [1.54, 1.807) is 4.57 Å². The fourth-order valence-corrected chi connectivity index (χ4v) is 5.06. The number of nitrogens with zero attached hydrogens (tertiary/aromatic N) is 3. The highest BCUT2D eigenvalue weighted by Crippen LogP contribution is 2.29. The van der Waals surface area contributed by atoms with E-state index >= 15 is 0 Å². The first-order valence-electron chi connectivity index (χ1n) is 10.9. The van der Waals surface area contributed by atoms with Gasteiger partial charge in [-0.25, -0.2) is 4.79 Å². The van der Waals surface area contributed by atoms with Crippen molar-refractivity contribution >= 4 is 43.8 Å². The first kappa shape index (κ1) is 22.4. The molecule has 2 aromatic carbocycles. The molecule has 1 unspecified atom stereocenters. The summed E-state index contributed by atoms with van der Waals surface area (Å²) in [7, 11) is 3.42. The lowest BCUT2D eigenvalue weighted by Crippen LogP contribution is -2.29. The predicted octanol–water partition coefficient (Wildman–Crippen LogP) is 5.32. The van der Waals surface area contributed by atoms with Crippen molar-refractivity contribution in [1.82, 2.24) is 13.7 Å². The van der Waals surface area contributed by atoms with Gasteiger partial charge in [0.1, 0.15) is 0 Å². The molecular weight excluding hydrogens is 470 g/mol. The Balaban J connectivity index is 1.91. The Labute approximate surface area is 195 Å². The second-order valence-electron chi connectivity index (χ2n) is 8.33. The van der Waals surface area contributed by atoms with Crippen molar-refractivity contribution in [2.45, 2.75) is 45.7 Å². The summed E-state index contributed by atoms with van der Waals surface area (Å²) < 4.78 is 11.5. The van der Waals surface area contributed by atoms with Crippen molar-refractivity contribution < 1.29 is 9.53 Å². The number of fused-ring (bicyclic) bond motifs is 2. The molecule has 2 heterocycles. The van der Waals surface area contributed by atoms with Crippen LogP contribution in [0.25, 0.3) is 21.9 Å². The number of carbonyl (C=O) groups excluding carboxylic acids is 1. The third-order valence-corrected chi connectivity index (χ3v) is 6.66. The molecule has 4 rings (SSSR count). The van der Waals surface area contributed by atoms with Gasteiger partial charge in [0.15, 0.2) is 0 Å². The molecule has 0 saturated heterocycles. The van der Waals surface area contributed by atoms with Gasteiger partial charge >= 0.3 is 11.7 Å². The third-order valence-electron chi connectivity index (χ3n) is 6.17. The molecule has 0 bridgehead atoms. The van der Waals surface area contributed by atoms with E-state index < -0.39 is 0 Å². The van der Waals surface area contributed by atoms with Gasteiger partial charge in [-0.3, -0.25) is 13.9 Å². The predicted molar refractivity (Wildman–Crippen MR) is 131 cm³/mol. The molecule has 0 spiro atoms. The summed E-state index contributed by atoms with van der Waals surface area (Å²) in [5.74, 6) is -0.307. The topological polar surface area (TPSA) is 58.2 Å². The van der Waals surface area contributed by atoms with Crippen LogP contribution in [0.1, 0.15) is 43.4 Å². The lowest BCUT2D eigenvalue weighted by Gasteiger charge is -2.17. The minimum absolute atomic E-state index is 0.106. The first-order valence-corrected chi connectivity index (χ1v) is 11.7. The van der Waals surface area contributed by atoms with E-state index in [0.29, 0.717) is 6.54 Å². The van der Waals surface area contributed by atoms with Crippen LogP contribution in [-0.4, -0.2) is 26.8 Å². The van der Waals surface area contributed by atoms with Crippen molar-refractivity contribution in [2.75, 3.05) is 7.11 Å². The number of imidazole rings is 1. The van der Waals surface area contributed by atoms with Crippen LogP contribution in [-0.2, 0) is 23.1 Å². The molecule has 168 valence electrons. The van der Waals surface area contributed by atoms with E-state index in [0.717, 1.165) is 39.4 Å². The molecule has 4 aromatic rings. The smallest absolute Gasteiger partial charge is 0.329 e. The first-order chi connectivity index (χ1) is 15.3. The van der Waals surface area contributed by atoms with E-state index in [1.165, 1.54) is 18.1 Å². The highest BCUT2D eigenvalue weighted by Gasteiger charge is 2.24. The highest BCUT2D eigenvalue weighted by molar-refractivity contribution is 9.10. The van der Waals surface area contributed by atoms with Crippen molar-refractivity contribution in [1.29, 1.82) is 0 Å². The largest absolute Gasteiger partial charge is 0.469 e. The van der Waals surface area contributed by atoms with Gasteiger partial charge in [-0.2, -0.15) is 0 Å². The molecule has 0 saturated carbocycles. The number of hydrogen-bond donors (Lipinski definition) is 0. The fourth-order valence-electron chi connectivity index (χ4n) is 4.71. The number of esters is 1. The summed E-state index contributed by atoms with van der Waals surface area (Å²) in [5, 5.41) is 1.18. The number of ether oxygens (including phenoxy) is 1. The summed E-state index contributed by atoms with van der Waals surface area (Å²) in [6, 6.07) is 11.9. The number of rotatable bonds is 7. The minimum atomic E-state index is -0.307. The summed E-state index contributed by atoms with van der Waals surface area (Å²) in [6.45, 7) is 4.62. The quantitative estimate of drug-likeness (QED) is 0.324. The number of aromatic nitrogens is 3. The Morgan fingerprint density at radius 3 is 2.66 bits per heavy atom. The van der Waals surface area contributed by atoms with Crippen LogP contribution in [0.5, 0.6) is 0 Å². The van der Waals surface area contributed by atoms with Gasteiger partial charge in [-0.05, 0) is 48.7 Å². The number of carbonyl (C=O) groups is 1. The van der Waals surface area contributed by atoms with Crippen LogP contribution in [0, 0.1) is 6.92 Å². The van der Waals surface area contributed by atoms with E-state index in [2.05, 4.69) is 58.7 Å². The van der Waals surface area contributed by atoms with Gasteiger partial charge in [0.25, 0.3) is 0 Å². The summed E-state index contributed by atoms with van der Waals surface area (Å²) in [5.41, 5.74) is 5.00. The zero-order valence-corrected chi connectivity index (χ0v) is 20.5. The van der Waals surface area contributed by atoms with Gasteiger partial charge in [-0.1, -0.05) is 41.4 Å². The Kier molecular flexibility index (Phi) is 6.29. The Bertz CT molecular complexity index is 1360. The average molecular weight is 498 g/mol. The Hall–Kier alpha value is -2.80. The maximum absolute atomic E-state index is 13.8. The molecule has 0 aliphatic rings. The second-order valence-corrected chi connectivity index (χ2v) is 9.24. The molecule has 0 N–H and O–H groups in total. The lowest BCUT2D eigenvalue weighted by molar-refractivity contribution is -0.141. The fraction of sp³-hybridized carbons (Fsp3) is 0.360. The summed E-state index contributed by atoms with van der Waals surface area (Å²) in [6.07, 6.45) is 3.85. The highest BCUT2D eigenvalue weighted by atomic mass is 79.9. The maximum Gasteiger partial charge on any atom is 0.329 e. The van der Waals surface area contributed by atoms with Crippen LogP contribution in [0.2, 0.25) is 0 Å². The summed E-state index contributed by atoms with van der Waals surface area (Å²) in [4.78, 5) is 25.9. The molecular formula is C25H28BrN3O3. The maximum atomic E-state index is 13.8. The number of benzene rings is 2. The van der Waals surface area contributed by atoms with Crippen LogP contribution in [0.3, 0.4) is 0 Å². The minimum Gasteiger partial charge on any atom is -0.469 e. The SMILES string of the molecule is CCCC(CC(=O)OC)n1c(=O)n(Cc2cn(C)c3cccc(C)c23)c2cc(Br)ccc21. The molecule has 0 aliphatic heterocycles. The van der Waals surface area contributed by atoms with E-state index in [4.69, 9.17) is 4.74 Å². The molecule has 2 aromatic heterocycles. The van der Waals surface area contributed by atoms with E-state index in [9.17, 15) is 9.59 Å². The molecule has 32 heavy (non-hydrogen) atoms. The van der Waals surface area contributed by atoms with Crippen LogP contribution in [0.15, 0.2) is 51.9 Å². The molecule has 6 nitrogen and oxygen atoms in total. The van der Waals surface area contributed by atoms with E-state index in [-0.39, 0.29) is 24.1 Å². The van der Waals surface area contributed by atoms with Gasteiger partial charge in [0.2, 0.25) is 0 Å². The number of halogens is 1. The average Bonchev–Trinajstić information content (AvgIpc) is 3.22. The summed E-state index contributed by atoms with van der Waals surface area (Å²) >= 11 is 3.56. The van der Waals surface area contributed by atoms with Gasteiger partial charge in [-0.15, -0.1) is 0 Å². The van der Waals surface area contributed by atoms with Gasteiger partial charge in [0, 0.05) is 34.7 Å². The normalized spacial score (nSPS) is 12.5. The monoisotopic (exact) mass is 497 g/mol. The van der Waals surface area contributed by atoms with Crippen molar-refractivity contribution in [3.05, 3.63) is 68.7 Å². The molecule has 0 amide bonds. The van der Waals surface area contributed by atoms with Crippen molar-refractivity contribution in [2.24, 2.45) is 7.05 Å². The van der Waals surface area contributed by atoms with Crippen LogP contribution >= 0.6 is 15.9 Å². The van der Waals surface area contributed by atoms with Crippen molar-refractivity contribution in [3.63, 3.8) is 0 Å². The van der Waals surface area contributed by atoms with Crippen molar-refractivity contribution in [3.8, 4) is 0 Å². The molecule has 1 atom stereocenters. The molecule has 7 heteroatoms. The third kappa shape index (κ3) is 3.90. The number of methoxy groups -OCH3 is 1. The standard InChI is InChI=1S/C25H28BrN3O3/c1-5-7-19(13-23(30)32-4)29-20-11-10-18(26)12-22(20)28(25(29)31)15-17-14-27(3)21-9-6-8-16(2)24(17)21/h6,8-12,14,19H,5,7,13,15H2,1-4H3. The Morgan fingerprint density at radius 1 is 1.16 bits per heavy atom. The van der Waals surface area contributed by atoms with Crippen LogP contribution < -0.4 is 5.69 Å². The number of aryl methyl sites for hydroxylation is 2. The molecule has 0 fully saturated rings. The van der Waals surface area contributed by atoms with E-state index in [1.807, 2.05) is 29.8 Å². The second kappa shape index (κ2) is 8.98. The zero-order valence-electron chi connectivity index (χ0n) is 18.9. The Morgan fingerprint density at radius 2 is 1.94 bits per heavy atom. The lowest BCUT2D eigenvalue weighted by atomic mass is 10.1. The zero-order chi connectivity index (χ0) is 23.0. The van der Waals surface area contributed by atoms with Gasteiger partial charge in [0.05, 0.1) is 31.1 Å². The molecule has 0 radical (unpaired) electrons. The van der Waals surface area contributed by atoms with Crippen LogP contribution in [0.4, 0.5) is 0 Å². The molecule has 0 aliphatic carbocycles.